The van der Waals surface area contributed by atoms with Gasteiger partial charge in [0, 0.05) is 37.1 Å². The molecule has 0 fully saturated rings. The number of unbranched alkanes of at least 4 members (excludes halogenated alkanes) is 4. The number of amides is 2. The van der Waals surface area contributed by atoms with Crippen LogP contribution in [0.25, 0.3) is 20.4 Å². The van der Waals surface area contributed by atoms with Gasteiger partial charge >= 0.3 is 0 Å². The number of ether oxygens (including phenoxy) is 4. The van der Waals surface area contributed by atoms with Crippen molar-refractivity contribution in [3.05, 3.63) is 24.3 Å². The number of nitrogens with zero attached hydrogens (tertiary/aromatic N) is 2. The minimum absolute atomic E-state index is 0.0412. The van der Waals surface area contributed by atoms with Gasteiger partial charge in [-0.1, -0.05) is 41.9 Å². The number of carbonyl (C=O) groups is 2. The molecule has 0 spiro atoms. The van der Waals surface area contributed by atoms with Gasteiger partial charge in [0.2, 0.25) is 11.8 Å². The highest BCUT2D eigenvalue weighted by molar-refractivity contribution is 7.22. The van der Waals surface area contributed by atoms with Crippen LogP contribution in [0.3, 0.4) is 0 Å². The molecule has 10 nitrogen and oxygen atoms in total. The zero-order valence-electron chi connectivity index (χ0n) is 21.2. The molecular weight excluding hydrogens is 540 g/mol. The highest BCUT2D eigenvalue weighted by Gasteiger charge is 2.17. The molecule has 4 heterocycles. The molecule has 204 valence electrons. The number of rotatable bonds is 10. The predicted octanol–water partition coefficient (Wildman–Crippen LogP) is 5.76. The third kappa shape index (κ3) is 6.17. The van der Waals surface area contributed by atoms with E-state index in [0.717, 1.165) is 52.5 Å². The summed E-state index contributed by atoms with van der Waals surface area (Å²) in [7, 11) is 0. The van der Waals surface area contributed by atoms with Gasteiger partial charge in [0.1, 0.15) is 26.4 Å². The van der Waals surface area contributed by atoms with E-state index in [1.54, 1.807) is 0 Å². The zero-order chi connectivity index (χ0) is 26.6. The molecule has 12 heteroatoms. The summed E-state index contributed by atoms with van der Waals surface area (Å²) in [5.41, 5.74) is 1.57. The van der Waals surface area contributed by atoms with E-state index in [4.69, 9.17) is 18.9 Å². The molecule has 39 heavy (non-hydrogen) atoms. The molecule has 0 radical (unpaired) electrons. The Morgan fingerprint density at radius 3 is 1.44 bits per heavy atom. The Bertz CT molecular complexity index is 1320. The average Bonchev–Trinajstić information content (AvgIpc) is 3.51. The van der Waals surface area contributed by atoms with Crippen LogP contribution >= 0.6 is 22.7 Å². The molecule has 0 atom stereocenters. The van der Waals surface area contributed by atoms with Crippen LogP contribution in [-0.4, -0.2) is 48.2 Å². The fourth-order valence-electron chi connectivity index (χ4n) is 4.50. The van der Waals surface area contributed by atoms with Crippen LogP contribution in [0.2, 0.25) is 0 Å². The number of fused-ring (bicyclic) bond motifs is 4. The van der Waals surface area contributed by atoms with Crippen molar-refractivity contribution < 1.29 is 28.5 Å². The van der Waals surface area contributed by atoms with Crippen molar-refractivity contribution in [3.8, 4) is 23.0 Å². The van der Waals surface area contributed by atoms with Gasteiger partial charge in [-0.25, -0.2) is 9.97 Å². The Kier molecular flexibility index (Phi) is 7.64. The third-order valence-electron chi connectivity index (χ3n) is 6.41. The first-order chi connectivity index (χ1) is 19.1. The van der Waals surface area contributed by atoms with Gasteiger partial charge in [-0.05, 0) is 12.8 Å². The lowest BCUT2D eigenvalue weighted by molar-refractivity contribution is -0.117. The lowest BCUT2D eigenvalue weighted by Crippen LogP contribution is -2.15. The Morgan fingerprint density at radius 2 is 1.00 bits per heavy atom. The molecule has 2 aliphatic heterocycles. The van der Waals surface area contributed by atoms with Gasteiger partial charge in [0.05, 0.1) is 20.4 Å². The lowest BCUT2D eigenvalue weighted by atomic mass is 10.1. The maximum absolute atomic E-state index is 12.4. The Hall–Kier alpha value is -3.64. The van der Waals surface area contributed by atoms with Crippen molar-refractivity contribution in [2.75, 3.05) is 37.1 Å². The summed E-state index contributed by atoms with van der Waals surface area (Å²) in [5, 5.41) is 6.97. The molecule has 2 amide bonds. The maximum Gasteiger partial charge on any atom is 0.226 e. The fraction of sp³-hybridized carbons (Fsp3) is 0.407. The van der Waals surface area contributed by atoms with E-state index in [0.29, 0.717) is 72.5 Å². The molecule has 2 aromatic carbocycles. The second-order valence-electron chi connectivity index (χ2n) is 9.33. The molecule has 0 saturated carbocycles. The normalized spacial score (nSPS) is 13.9. The topological polar surface area (TPSA) is 121 Å². The molecule has 0 bridgehead atoms. The number of nitrogens with one attached hydrogen (secondary N) is 2. The third-order valence-corrected chi connectivity index (χ3v) is 8.27. The minimum Gasteiger partial charge on any atom is -0.486 e. The molecule has 6 rings (SSSR count). The quantitative estimate of drug-likeness (QED) is 0.232. The van der Waals surface area contributed by atoms with Gasteiger partial charge in [0.25, 0.3) is 0 Å². The second kappa shape index (κ2) is 11.6. The van der Waals surface area contributed by atoms with Crippen molar-refractivity contribution in [1.82, 2.24) is 9.97 Å². The van der Waals surface area contributed by atoms with Crippen LogP contribution in [0.1, 0.15) is 44.9 Å². The van der Waals surface area contributed by atoms with Crippen molar-refractivity contribution >= 4 is 65.2 Å². The summed E-state index contributed by atoms with van der Waals surface area (Å²) >= 11 is 2.85. The highest BCUT2D eigenvalue weighted by atomic mass is 32.1. The fourth-order valence-corrected chi connectivity index (χ4v) is 6.29. The Balaban J connectivity index is 0.873. The summed E-state index contributed by atoms with van der Waals surface area (Å²) in [5.74, 6) is 2.73. The van der Waals surface area contributed by atoms with Crippen LogP contribution in [0, 0.1) is 0 Å². The van der Waals surface area contributed by atoms with E-state index in [1.807, 2.05) is 24.3 Å². The van der Waals surface area contributed by atoms with E-state index < -0.39 is 0 Å². The molecule has 2 N–H and O–H groups in total. The number of thiazole rings is 2. The maximum atomic E-state index is 12.4. The van der Waals surface area contributed by atoms with Gasteiger partial charge in [0.15, 0.2) is 33.3 Å². The molecule has 2 aliphatic rings. The monoisotopic (exact) mass is 568 g/mol. The number of hydrogen-bond acceptors (Lipinski definition) is 10. The molecule has 2 aromatic heterocycles. The average molecular weight is 569 g/mol. The summed E-state index contributed by atoms with van der Waals surface area (Å²) in [6, 6.07) is 7.53. The Morgan fingerprint density at radius 1 is 0.615 bits per heavy atom. The first-order valence-corrected chi connectivity index (χ1v) is 14.7. The minimum atomic E-state index is -0.0412. The van der Waals surface area contributed by atoms with Crippen LogP contribution in [-0.2, 0) is 9.59 Å². The smallest absolute Gasteiger partial charge is 0.226 e. The number of anilines is 2. The standard InChI is InChI=1S/C27H28N4O6S2/c32-24(30-26-28-16-12-18-20(14-22(16)38-26)36-10-8-34-18)6-4-2-1-3-5-7-25(33)31-27-29-17-13-19-21(15-23(17)39-27)37-11-9-35-19/h12-15H,1-11H2,(H,28,30,32)(H,29,31,33). The van der Waals surface area contributed by atoms with E-state index in [1.165, 1.54) is 22.7 Å². The number of aromatic nitrogens is 2. The zero-order valence-corrected chi connectivity index (χ0v) is 22.9. The summed E-state index contributed by atoms with van der Waals surface area (Å²) in [6.07, 6.45) is 5.31. The van der Waals surface area contributed by atoms with Gasteiger partial charge in [-0.15, -0.1) is 0 Å². The second-order valence-corrected chi connectivity index (χ2v) is 11.4. The summed E-state index contributed by atoms with van der Waals surface area (Å²) in [4.78, 5) is 33.8. The summed E-state index contributed by atoms with van der Waals surface area (Å²) < 4.78 is 24.3. The largest absolute Gasteiger partial charge is 0.486 e. The van der Waals surface area contributed by atoms with E-state index in [9.17, 15) is 9.59 Å². The first kappa shape index (κ1) is 25.6. The van der Waals surface area contributed by atoms with E-state index in [-0.39, 0.29) is 11.8 Å². The molecular formula is C27H28N4O6S2. The summed E-state index contributed by atoms with van der Waals surface area (Å²) in [6.45, 7) is 2.12. The van der Waals surface area contributed by atoms with Gasteiger partial charge < -0.3 is 29.6 Å². The van der Waals surface area contributed by atoms with Crippen LogP contribution < -0.4 is 29.6 Å². The van der Waals surface area contributed by atoms with Crippen LogP contribution in [0.15, 0.2) is 24.3 Å². The van der Waals surface area contributed by atoms with Crippen LogP contribution in [0.5, 0.6) is 23.0 Å². The Labute approximate surface area is 232 Å². The van der Waals surface area contributed by atoms with E-state index in [2.05, 4.69) is 20.6 Å². The lowest BCUT2D eigenvalue weighted by Gasteiger charge is -2.17. The first-order valence-electron chi connectivity index (χ1n) is 13.1. The van der Waals surface area contributed by atoms with Crippen molar-refractivity contribution in [3.63, 3.8) is 0 Å². The SMILES string of the molecule is O=C(CCCCCCCC(=O)Nc1nc2cc3c(cc2s1)OCCO3)Nc1nc2cc3c(cc2s1)OCCO3. The number of benzene rings is 2. The molecule has 4 aromatic rings. The molecule has 0 aliphatic carbocycles. The molecule has 0 unspecified atom stereocenters. The highest BCUT2D eigenvalue weighted by Crippen LogP contribution is 2.39. The predicted molar refractivity (Wildman–Crippen MR) is 151 cm³/mol. The van der Waals surface area contributed by atoms with Crippen molar-refractivity contribution in [1.29, 1.82) is 0 Å². The molecule has 0 saturated heterocycles. The van der Waals surface area contributed by atoms with E-state index >= 15 is 0 Å². The van der Waals surface area contributed by atoms with Gasteiger partial charge in [-0.2, -0.15) is 0 Å². The van der Waals surface area contributed by atoms with Crippen molar-refractivity contribution in [2.45, 2.75) is 44.9 Å². The van der Waals surface area contributed by atoms with Crippen molar-refractivity contribution in [2.24, 2.45) is 0 Å². The van der Waals surface area contributed by atoms with Crippen LogP contribution in [0.4, 0.5) is 10.3 Å². The number of hydrogen-bond donors (Lipinski definition) is 2. The van der Waals surface area contributed by atoms with Gasteiger partial charge in [-0.3, -0.25) is 9.59 Å². The number of carbonyl (C=O) groups excluding carboxylic acids is 2.